The van der Waals surface area contributed by atoms with Gasteiger partial charge < -0.3 is 9.47 Å². The van der Waals surface area contributed by atoms with Crippen LogP contribution >= 0.6 is 0 Å². The molecule has 0 atom stereocenters. The van der Waals surface area contributed by atoms with Gasteiger partial charge in [-0.15, -0.1) is 0 Å². The quantitative estimate of drug-likeness (QED) is 0.422. The Labute approximate surface area is 151 Å². The van der Waals surface area contributed by atoms with Gasteiger partial charge in [0, 0.05) is 13.7 Å². The van der Waals surface area contributed by atoms with Crippen molar-refractivity contribution in [3.05, 3.63) is 0 Å². The van der Waals surface area contributed by atoms with Crippen LogP contribution in [-0.2, 0) is 9.47 Å². The average molecular weight is 339 g/mol. The maximum Gasteiger partial charge on any atom is 0.0707 e. The lowest BCUT2D eigenvalue weighted by Crippen LogP contribution is -2.45. The fraction of sp³-hybridized carbons (Fsp3) is 1.00. The third kappa shape index (κ3) is 5.73. The van der Waals surface area contributed by atoms with E-state index in [-0.39, 0.29) is 5.60 Å². The third-order valence-electron chi connectivity index (χ3n) is 6.89. The molecule has 2 saturated carbocycles. The molecule has 0 aromatic carbocycles. The molecule has 2 fully saturated rings. The standard InChI is InChI=1S/C22H42O2/c1-4-6-7-8-9-10-19-15-17-22(23-3,18-16-19)20-11-13-21(14-12-20)24-5-2/h19-21H,4-18H2,1-3H3/t19-,20-,21-,22-. The van der Waals surface area contributed by atoms with E-state index >= 15 is 0 Å². The Bertz CT molecular complexity index is 312. The minimum atomic E-state index is 0.190. The lowest BCUT2D eigenvalue weighted by molar-refractivity contribution is -0.112. The number of hydrogen-bond acceptors (Lipinski definition) is 2. The zero-order valence-corrected chi connectivity index (χ0v) is 16.7. The van der Waals surface area contributed by atoms with E-state index in [0.29, 0.717) is 6.10 Å². The van der Waals surface area contributed by atoms with Crippen LogP contribution in [0, 0.1) is 11.8 Å². The molecule has 2 nitrogen and oxygen atoms in total. The Kier molecular flexibility index (Phi) is 9.11. The minimum Gasteiger partial charge on any atom is -0.379 e. The molecule has 0 aromatic heterocycles. The van der Waals surface area contributed by atoms with Crippen molar-refractivity contribution < 1.29 is 9.47 Å². The zero-order valence-electron chi connectivity index (χ0n) is 16.7. The van der Waals surface area contributed by atoms with Gasteiger partial charge in [-0.1, -0.05) is 45.4 Å². The molecule has 0 heterocycles. The summed E-state index contributed by atoms with van der Waals surface area (Å²) >= 11 is 0. The van der Waals surface area contributed by atoms with Crippen LogP contribution in [0.15, 0.2) is 0 Å². The van der Waals surface area contributed by atoms with E-state index in [1.54, 1.807) is 0 Å². The molecule has 0 spiro atoms. The van der Waals surface area contributed by atoms with Crippen LogP contribution in [0.3, 0.4) is 0 Å². The Morgan fingerprint density at radius 2 is 1.50 bits per heavy atom. The maximum absolute atomic E-state index is 6.18. The van der Waals surface area contributed by atoms with E-state index in [4.69, 9.17) is 9.47 Å². The number of unbranched alkanes of at least 4 members (excludes halogenated alkanes) is 4. The summed E-state index contributed by atoms with van der Waals surface area (Å²) in [6.07, 6.45) is 19.6. The fourth-order valence-corrected chi connectivity index (χ4v) is 5.26. The summed E-state index contributed by atoms with van der Waals surface area (Å²) in [5.74, 6) is 1.74. The summed E-state index contributed by atoms with van der Waals surface area (Å²) in [7, 11) is 1.97. The first kappa shape index (κ1) is 20.2. The molecule has 0 amide bonds. The van der Waals surface area contributed by atoms with Crippen molar-refractivity contribution in [1.82, 2.24) is 0 Å². The SMILES string of the molecule is CCCCCCC[C@H]1CC[C@@](OC)([C@H]2CC[C@H](OCC)CC2)CC1. The first-order valence-corrected chi connectivity index (χ1v) is 10.9. The topological polar surface area (TPSA) is 18.5 Å². The van der Waals surface area contributed by atoms with Crippen molar-refractivity contribution in [3.63, 3.8) is 0 Å². The van der Waals surface area contributed by atoms with Crippen LogP contribution in [0.1, 0.15) is 104 Å². The van der Waals surface area contributed by atoms with E-state index in [1.165, 1.54) is 89.9 Å². The molecule has 2 heteroatoms. The van der Waals surface area contributed by atoms with E-state index in [2.05, 4.69) is 13.8 Å². The average Bonchev–Trinajstić information content (AvgIpc) is 2.63. The van der Waals surface area contributed by atoms with Crippen LogP contribution in [0.2, 0.25) is 0 Å². The van der Waals surface area contributed by atoms with Crippen LogP contribution < -0.4 is 0 Å². The van der Waals surface area contributed by atoms with Gasteiger partial charge in [0.2, 0.25) is 0 Å². The van der Waals surface area contributed by atoms with Crippen LogP contribution in [-0.4, -0.2) is 25.4 Å². The van der Waals surface area contributed by atoms with Gasteiger partial charge in [0.1, 0.15) is 0 Å². The van der Waals surface area contributed by atoms with E-state index < -0.39 is 0 Å². The molecular weight excluding hydrogens is 296 g/mol. The molecule has 0 aliphatic heterocycles. The molecule has 2 aliphatic rings. The second-order valence-electron chi connectivity index (χ2n) is 8.34. The molecule has 2 rings (SSSR count). The number of methoxy groups -OCH3 is 1. The molecule has 24 heavy (non-hydrogen) atoms. The number of rotatable bonds is 10. The van der Waals surface area contributed by atoms with Gasteiger partial charge in [-0.25, -0.2) is 0 Å². The molecule has 0 unspecified atom stereocenters. The molecule has 0 radical (unpaired) electrons. The number of hydrogen-bond donors (Lipinski definition) is 0. The number of ether oxygens (including phenoxy) is 2. The predicted molar refractivity (Wildman–Crippen MR) is 102 cm³/mol. The molecule has 142 valence electrons. The first-order chi connectivity index (χ1) is 11.7. The van der Waals surface area contributed by atoms with Gasteiger partial charge in [0.15, 0.2) is 0 Å². The summed E-state index contributed by atoms with van der Waals surface area (Å²) in [6.45, 7) is 5.28. The Balaban J connectivity index is 1.71. The summed E-state index contributed by atoms with van der Waals surface area (Å²) in [4.78, 5) is 0. The maximum atomic E-state index is 6.18. The second-order valence-corrected chi connectivity index (χ2v) is 8.34. The minimum absolute atomic E-state index is 0.190. The van der Waals surface area contributed by atoms with Crippen molar-refractivity contribution in [1.29, 1.82) is 0 Å². The summed E-state index contributed by atoms with van der Waals surface area (Å²) in [5.41, 5.74) is 0.190. The van der Waals surface area contributed by atoms with Gasteiger partial charge in [-0.05, 0) is 70.1 Å². The lowest BCUT2D eigenvalue weighted by Gasteiger charge is -2.47. The molecule has 0 bridgehead atoms. The highest BCUT2D eigenvalue weighted by Gasteiger charge is 2.43. The van der Waals surface area contributed by atoms with Crippen molar-refractivity contribution in [2.24, 2.45) is 11.8 Å². The summed E-state index contributed by atoms with van der Waals surface area (Å²) < 4.78 is 12.0. The monoisotopic (exact) mass is 338 g/mol. The molecule has 2 aliphatic carbocycles. The molecular formula is C22H42O2. The smallest absolute Gasteiger partial charge is 0.0707 e. The molecule has 0 aromatic rings. The van der Waals surface area contributed by atoms with Crippen LogP contribution in [0.5, 0.6) is 0 Å². The van der Waals surface area contributed by atoms with Gasteiger partial charge in [-0.2, -0.15) is 0 Å². The van der Waals surface area contributed by atoms with E-state index in [0.717, 1.165) is 18.4 Å². The highest BCUT2D eigenvalue weighted by molar-refractivity contribution is 4.95. The lowest BCUT2D eigenvalue weighted by atomic mass is 9.66. The van der Waals surface area contributed by atoms with Crippen molar-refractivity contribution >= 4 is 0 Å². The van der Waals surface area contributed by atoms with Gasteiger partial charge in [-0.3, -0.25) is 0 Å². The summed E-state index contributed by atoms with van der Waals surface area (Å²) in [5, 5.41) is 0. The zero-order chi connectivity index (χ0) is 17.3. The van der Waals surface area contributed by atoms with E-state index in [1.807, 2.05) is 7.11 Å². The van der Waals surface area contributed by atoms with Crippen molar-refractivity contribution in [2.45, 2.75) is 115 Å². The Morgan fingerprint density at radius 3 is 2.08 bits per heavy atom. The first-order valence-electron chi connectivity index (χ1n) is 10.9. The fourth-order valence-electron chi connectivity index (χ4n) is 5.26. The highest BCUT2D eigenvalue weighted by atomic mass is 16.5. The molecule has 0 saturated heterocycles. The van der Waals surface area contributed by atoms with Crippen molar-refractivity contribution in [2.75, 3.05) is 13.7 Å². The largest absolute Gasteiger partial charge is 0.379 e. The van der Waals surface area contributed by atoms with Gasteiger partial charge >= 0.3 is 0 Å². The normalized spacial score (nSPS) is 34.4. The Hall–Kier alpha value is -0.0800. The van der Waals surface area contributed by atoms with Gasteiger partial charge in [0.25, 0.3) is 0 Å². The van der Waals surface area contributed by atoms with Crippen LogP contribution in [0.25, 0.3) is 0 Å². The van der Waals surface area contributed by atoms with Crippen LogP contribution in [0.4, 0.5) is 0 Å². The molecule has 0 N–H and O–H groups in total. The highest BCUT2D eigenvalue weighted by Crippen LogP contribution is 2.46. The predicted octanol–water partition coefficient (Wildman–Crippen LogP) is 6.52. The van der Waals surface area contributed by atoms with E-state index in [9.17, 15) is 0 Å². The Morgan fingerprint density at radius 1 is 0.833 bits per heavy atom. The third-order valence-corrected chi connectivity index (χ3v) is 6.89. The van der Waals surface area contributed by atoms with Gasteiger partial charge in [0.05, 0.1) is 11.7 Å². The second kappa shape index (κ2) is 10.8. The van der Waals surface area contributed by atoms with Crippen molar-refractivity contribution in [3.8, 4) is 0 Å². The summed E-state index contributed by atoms with van der Waals surface area (Å²) in [6, 6.07) is 0.